The molecule has 3 aromatic carbocycles. The van der Waals surface area contributed by atoms with Crippen LogP contribution in [-0.2, 0) is 22.5 Å². The lowest BCUT2D eigenvalue weighted by molar-refractivity contribution is -0.135. The van der Waals surface area contributed by atoms with E-state index in [2.05, 4.69) is 6.07 Å². The van der Waals surface area contributed by atoms with Crippen LogP contribution in [-0.4, -0.2) is 29.9 Å². The molecule has 5 heteroatoms. The lowest BCUT2D eigenvalue weighted by atomic mass is 10.00. The number of fused-ring (bicyclic) bond motifs is 1. The second kappa shape index (κ2) is 8.61. The number of carbonyl (C=O) groups excluding carboxylic acids is 2. The van der Waals surface area contributed by atoms with Crippen LogP contribution in [0.5, 0.6) is 11.5 Å². The minimum Gasteiger partial charge on any atom is -0.457 e. The standard InChI is InChI=1S/C24H21NO4/c26-23(25-15-14-18-6-4-5-7-20(18)16-25)17-28-24(27)19-10-12-22(13-11-19)29-21-8-2-1-3-9-21/h1-13H,14-17H2. The van der Waals surface area contributed by atoms with Crippen LogP contribution in [0.4, 0.5) is 0 Å². The number of rotatable bonds is 5. The lowest BCUT2D eigenvalue weighted by Gasteiger charge is -2.28. The first-order valence-electron chi connectivity index (χ1n) is 9.54. The molecular formula is C24H21NO4. The average molecular weight is 387 g/mol. The monoisotopic (exact) mass is 387 g/mol. The van der Waals surface area contributed by atoms with Gasteiger partial charge in [-0.05, 0) is 53.9 Å². The maximum atomic E-state index is 12.4. The third kappa shape index (κ3) is 4.63. The second-order valence-corrected chi connectivity index (χ2v) is 6.85. The first-order valence-corrected chi connectivity index (χ1v) is 9.54. The van der Waals surface area contributed by atoms with Crippen molar-refractivity contribution in [3.63, 3.8) is 0 Å². The summed E-state index contributed by atoms with van der Waals surface area (Å²) in [6.45, 7) is 0.931. The summed E-state index contributed by atoms with van der Waals surface area (Å²) in [6.07, 6.45) is 0.818. The Hall–Kier alpha value is -3.60. The van der Waals surface area contributed by atoms with E-state index >= 15 is 0 Å². The molecule has 0 unspecified atom stereocenters. The van der Waals surface area contributed by atoms with Crippen LogP contribution in [0, 0.1) is 0 Å². The van der Waals surface area contributed by atoms with Crippen molar-refractivity contribution >= 4 is 11.9 Å². The Morgan fingerprint density at radius 3 is 2.21 bits per heavy atom. The Labute approximate surface area is 169 Å². The molecule has 0 saturated heterocycles. The summed E-state index contributed by atoms with van der Waals surface area (Å²) >= 11 is 0. The zero-order chi connectivity index (χ0) is 20.1. The molecule has 0 bridgehead atoms. The van der Waals surface area contributed by atoms with Crippen LogP contribution in [0.3, 0.4) is 0 Å². The van der Waals surface area contributed by atoms with Crippen molar-refractivity contribution in [2.75, 3.05) is 13.2 Å². The van der Waals surface area contributed by atoms with E-state index in [1.807, 2.05) is 48.5 Å². The molecular weight excluding hydrogens is 366 g/mol. The number of carbonyl (C=O) groups is 2. The van der Waals surface area contributed by atoms with Gasteiger partial charge in [0.2, 0.25) is 0 Å². The number of benzene rings is 3. The molecule has 5 nitrogen and oxygen atoms in total. The molecule has 0 aromatic heterocycles. The van der Waals surface area contributed by atoms with E-state index in [1.165, 1.54) is 5.56 Å². The third-order valence-corrected chi connectivity index (χ3v) is 4.88. The van der Waals surface area contributed by atoms with Gasteiger partial charge in [0.25, 0.3) is 5.91 Å². The fourth-order valence-electron chi connectivity index (χ4n) is 3.29. The van der Waals surface area contributed by atoms with Crippen LogP contribution in [0.15, 0.2) is 78.9 Å². The van der Waals surface area contributed by atoms with Gasteiger partial charge in [-0.15, -0.1) is 0 Å². The molecule has 1 heterocycles. The minimum atomic E-state index is -0.526. The van der Waals surface area contributed by atoms with Gasteiger partial charge in [0.05, 0.1) is 5.56 Å². The number of nitrogens with zero attached hydrogens (tertiary/aromatic N) is 1. The van der Waals surface area contributed by atoms with Crippen LogP contribution in [0.25, 0.3) is 0 Å². The van der Waals surface area contributed by atoms with Gasteiger partial charge in [-0.2, -0.15) is 0 Å². The molecule has 29 heavy (non-hydrogen) atoms. The largest absolute Gasteiger partial charge is 0.457 e. The van der Waals surface area contributed by atoms with Crippen molar-refractivity contribution < 1.29 is 19.1 Å². The molecule has 1 amide bonds. The van der Waals surface area contributed by atoms with Gasteiger partial charge < -0.3 is 14.4 Å². The Balaban J connectivity index is 1.30. The van der Waals surface area contributed by atoms with Crippen LogP contribution < -0.4 is 4.74 Å². The molecule has 146 valence electrons. The van der Waals surface area contributed by atoms with Crippen molar-refractivity contribution in [3.8, 4) is 11.5 Å². The Kier molecular flexibility index (Phi) is 5.56. The van der Waals surface area contributed by atoms with Crippen molar-refractivity contribution in [1.82, 2.24) is 4.90 Å². The van der Waals surface area contributed by atoms with Crippen LogP contribution >= 0.6 is 0 Å². The van der Waals surface area contributed by atoms with Crippen LogP contribution in [0.1, 0.15) is 21.5 Å². The van der Waals surface area contributed by atoms with Gasteiger partial charge in [0.15, 0.2) is 6.61 Å². The van der Waals surface area contributed by atoms with E-state index in [0.717, 1.165) is 17.7 Å². The molecule has 3 aromatic rings. The summed E-state index contributed by atoms with van der Waals surface area (Å²) in [4.78, 5) is 26.4. The highest BCUT2D eigenvalue weighted by Gasteiger charge is 2.21. The molecule has 1 aliphatic heterocycles. The number of ether oxygens (including phenoxy) is 2. The highest BCUT2D eigenvalue weighted by Crippen LogP contribution is 2.22. The fourth-order valence-corrected chi connectivity index (χ4v) is 3.29. The predicted molar refractivity (Wildman–Crippen MR) is 109 cm³/mol. The summed E-state index contributed by atoms with van der Waals surface area (Å²) in [5.41, 5.74) is 2.79. The summed E-state index contributed by atoms with van der Waals surface area (Å²) < 4.78 is 10.9. The van der Waals surface area contributed by atoms with E-state index < -0.39 is 5.97 Å². The zero-order valence-electron chi connectivity index (χ0n) is 15.9. The molecule has 0 aliphatic carbocycles. The maximum absolute atomic E-state index is 12.4. The lowest BCUT2D eigenvalue weighted by Crippen LogP contribution is -2.38. The molecule has 4 rings (SSSR count). The van der Waals surface area contributed by atoms with Gasteiger partial charge in [0.1, 0.15) is 11.5 Å². The number of amides is 1. The SMILES string of the molecule is O=C(OCC(=O)N1CCc2ccccc2C1)c1ccc(Oc2ccccc2)cc1. The van der Waals surface area contributed by atoms with Gasteiger partial charge >= 0.3 is 5.97 Å². The normalized spacial score (nSPS) is 12.8. The number of hydrogen-bond acceptors (Lipinski definition) is 4. The van der Waals surface area contributed by atoms with Gasteiger partial charge in [0, 0.05) is 13.1 Å². The third-order valence-electron chi connectivity index (χ3n) is 4.88. The number of esters is 1. The van der Waals surface area contributed by atoms with Gasteiger partial charge in [-0.3, -0.25) is 4.79 Å². The first kappa shape index (κ1) is 18.7. The number of para-hydroxylation sites is 1. The smallest absolute Gasteiger partial charge is 0.338 e. The summed E-state index contributed by atoms with van der Waals surface area (Å²) in [7, 11) is 0. The maximum Gasteiger partial charge on any atom is 0.338 e. The van der Waals surface area contributed by atoms with Crippen molar-refractivity contribution in [3.05, 3.63) is 95.6 Å². The highest BCUT2D eigenvalue weighted by molar-refractivity contribution is 5.91. The van der Waals surface area contributed by atoms with E-state index in [0.29, 0.717) is 24.4 Å². The summed E-state index contributed by atoms with van der Waals surface area (Å²) in [6, 6.07) is 24.1. The molecule has 1 aliphatic rings. The first-order chi connectivity index (χ1) is 14.2. The topological polar surface area (TPSA) is 55.8 Å². The zero-order valence-corrected chi connectivity index (χ0v) is 15.9. The van der Waals surface area contributed by atoms with Crippen molar-refractivity contribution in [2.45, 2.75) is 13.0 Å². The fraction of sp³-hybridized carbons (Fsp3) is 0.167. The van der Waals surface area contributed by atoms with Gasteiger partial charge in [-0.1, -0.05) is 42.5 Å². The Bertz CT molecular complexity index is 999. The summed E-state index contributed by atoms with van der Waals surface area (Å²) in [5.74, 6) is 0.631. The van der Waals surface area contributed by atoms with E-state index in [9.17, 15) is 9.59 Å². The molecule has 0 saturated carbocycles. The highest BCUT2D eigenvalue weighted by atomic mass is 16.5. The Morgan fingerprint density at radius 1 is 0.793 bits per heavy atom. The van der Waals surface area contributed by atoms with Gasteiger partial charge in [-0.25, -0.2) is 4.79 Å². The quantitative estimate of drug-likeness (QED) is 0.615. The molecule has 0 spiro atoms. The second-order valence-electron chi connectivity index (χ2n) is 6.85. The predicted octanol–water partition coefficient (Wildman–Crippen LogP) is 4.22. The van der Waals surface area contributed by atoms with E-state index in [-0.39, 0.29) is 12.5 Å². The summed E-state index contributed by atoms with van der Waals surface area (Å²) in [5, 5.41) is 0. The molecule has 0 radical (unpaired) electrons. The van der Waals surface area contributed by atoms with E-state index in [1.54, 1.807) is 29.2 Å². The minimum absolute atomic E-state index is 0.183. The van der Waals surface area contributed by atoms with Crippen LogP contribution in [0.2, 0.25) is 0 Å². The van der Waals surface area contributed by atoms with E-state index in [4.69, 9.17) is 9.47 Å². The van der Waals surface area contributed by atoms with Crippen molar-refractivity contribution in [1.29, 1.82) is 0 Å². The van der Waals surface area contributed by atoms with Crippen molar-refractivity contribution in [2.24, 2.45) is 0 Å². The molecule has 0 atom stereocenters. The number of hydrogen-bond donors (Lipinski definition) is 0. The Morgan fingerprint density at radius 2 is 1.45 bits per heavy atom. The average Bonchev–Trinajstić information content (AvgIpc) is 2.78. The molecule has 0 fully saturated rings. The molecule has 0 N–H and O–H groups in total.